The molecule has 0 radical (unpaired) electrons. The number of fused-ring (bicyclic) bond motifs is 2. The van der Waals surface area contributed by atoms with Crippen LogP contribution in [0.4, 0.5) is 0 Å². The van der Waals surface area contributed by atoms with Crippen LogP contribution in [-0.4, -0.2) is 42.8 Å². The third-order valence-corrected chi connectivity index (χ3v) is 5.51. The second kappa shape index (κ2) is 22.1. The van der Waals surface area contributed by atoms with Gasteiger partial charge in [-0.05, 0) is 69.5 Å². The number of hydrogen-bond acceptors (Lipinski definition) is 5. The smallest absolute Gasteiger partial charge is 0.153 e. The van der Waals surface area contributed by atoms with Crippen LogP contribution < -0.4 is 0 Å². The Hall–Kier alpha value is -2.93. The van der Waals surface area contributed by atoms with Crippen LogP contribution in [0.1, 0.15) is 79.6 Å². The van der Waals surface area contributed by atoms with Crippen LogP contribution in [0.15, 0.2) is 71.8 Å². The molecular formula is C31H50N6S. The zero-order valence-corrected chi connectivity index (χ0v) is 26.2. The summed E-state index contributed by atoms with van der Waals surface area (Å²) in [5.41, 5.74) is 7.53. The van der Waals surface area contributed by atoms with Crippen LogP contribution in [0.5, 0.6) is 0 Å². The molecule has 0 aromatic carbocycles. The highest BCUT2D eigenvalue weighted by Crippen LogP contribution is 2.08. The summed E-state index contributed by atoms with van der Waals surface area (Å²) in [4.78, 5) is 12.6. The van der Waals surface area contributed by atoms with Crippen molar-refractivity contribution in [2.75, 3.05) is 13.3 Å². The van der Waals surface area contributed by atoms with Gasteiger partial charge in [0.05, 0.1) is 23.1 Å². The fourth-order valence-corrected chi connectivity index (χ4v) is 3.28. The minimum atomic E-state index is 0.643. The SMILES string of the molecule is C/C=C(\C)CC.CC.CC(C)Cc1cn2ncccc2n1.CCCc1cn2ccccc2n1.CN=CSC. The van der Waals surface area contributed by atoms with Gasteiger partial charge in [-0.15, -0.1) is 11.8 Å². The molecular weight excluding hydrogens is 488 g/mol. The van der Waals surface area contributed by atoms with Gasteiger partial charge in [0.25, 0.3) is 0 Å². The van der Waals surface area contributed by atoms with E-state index >= 15 is 0 Å². The largest absolute Gasteiger partial charge is 0.307 e. The fraction of sp³-hybridized carbons (Fsp3) is 0.484. The van der Waals surface area contributed by atoms with Gasteiger partial charge in [0.1, 0.15) is 5.65 Å². The summed E-state index contributed by atoms with van der Waals surface area (Å²) >= 11 is 1.61. The molecule has 0 saturated heterocycles. The molecule has 0 amide bonds. The van der Waals surface area contributed by atoms with Gasteiger partial charge in [-0.2, -0.15) is 5.10 Å². The second-order valence-electron chi connectivity index (χ2n) is 8.69. The van der Waals surface area contributed by atoms with E-state index in [9.17, 15) is 0 Å². The molecule has 0 saturated carbocycles. The van der Waals surface area contributed by atoms with Gasteiger partial charge in [0.15, 0.2) is 5.65 Å². The van der Waals surface area contributed by atoms with Crippen molar-refractivity contribution >= 4 is 28.6 Å². The number of allylic oxidation sites excluding steroid dienone is 2. The quantitative estimate of drug-likeness (QED) is 0.140. The average Bonchev–Trinajstić information content (AvgIpc) is 3.53. The van der Waals surface area contributed by atoms with Crippen LogP contribution in [0.25, 0.3) is 11.3 Å². The van der Waals surface area contributed by atoms with E-state index in [0.717, 1.165) is 36.3 Å². The van der Waals surface area contributed by atoms with Gasteiger partial charge >= 0.3 is 0 Å². The maximum atomic E-state index is 4.47. The normalized spacial score (nSPS) is 10.7. The van der Waals surface area contributed by atoms with E-state index in [2.05, 4.69) is 78.3 Å². The number of imidazole rings is 2. The zero-order chi connectivity index (χ0) is 28.8. The summed E-state index contributed by atoms with van der Waals surface area (Å²) < 4.78 is 3.88. The first-order valence-electron chi connectivity index (χ1n) is 13.6. The molecule has 7 heteroatoms. The Morgan fingerprint density at radius 3 is 2.18 bits per heavy atom. The Morgan fingerprint density at radius 1 is 1.03 bits per heavy atom. The summed E-state index contributed by atoms with van der Waals surface area (Å²) in [6.45, 7) is 16.9. The molecule has 6 nitrogen and oxygen atoms in total. The molecule has 210 valence electrons. The Bertz CT molecular complexity index is 1110. The Labute approximate surface area is 235 Å². The van der Waals surface area contributed by atoms with E-state index in [1.165, 1.54) is 17.7 Å². The Kier molecular flexibility index (Phi) is 20.4. The van der Waals surface area contributed by atoms with Crippen LogP contribution >= 0.6 is 11.8 Å². The molecule has 0 atom stereocenters. The number of aryl methyl sites for hydroxylation is 1. The van der Waals surface area contributed by atoms with Crippen molar-refractivity contribution in [3.05, 3.63) is 78.2 Å². The maximum Gasteiger partial charge on any atom is 0.153 e. The molecule has 0 aliphatic heterocycles. The van der Waals surface area contributed by atoms with Gasteiger partial charge in [-0.25, -0.2) is 14.5 Å². The molecule has 4 aromatic heterocycles. The Morgan fingerprint density at radius 2 is 1.71 bits per heavy atom. The average molecular weight is 539 g/mol. The third-order valence-electron chi connectivity index (χ3n) is 5.09. The van der Waals surface area contributed by atoms with Crippen molar-refractivity contribution in [3.8, 4) is 0 Å². The summed E-state index contributed by atoms with van der Waals surface area (Å²) in [5.74, 6) is 0.643. The third kappa shape index (κ3) is 14.7. The number of aliphatic imine (C=N–C) groups is 1. The predicted molar refractivity (Wildman–Crippen MR) is 170 cm³/mol. The van der Waals surface area contributed by atoms with Crippen molar-refractivity contribution in [2.24, 2.45) is 10.9 Å². The van der Waals surface area contributed by atoms with E-state index in [0.29, 0.717) is 5.92 Å². The summed E-state index contributed by atoms with van der Waals surface area (Å²) in [6, 6.07) is 9.93. The first-order valence-corrected chi connectivity index (χ1v) is 14.9. The van der Waals surface area contributed by atoms with Crippen molar-refractivity contribution in [1.29, 1.82) is 0 Å². The summed E-state index contributed by atoms with van der Waals surface area (Å²) in [5, 5.41) is 4.16. The predicted octanol–water partition coefficient (Wildman–Crippen LogP) is 8.61. The van der Waals surface area contributed by atoms with Crippen LogP contribution in [0.2, 0.25) is 0 Å². The lowest BCUT2D eigenvalue weighted by Crippen LogP contribution is -1.93. The van der Waals surface area contributed by atoms with Crippen LogP contribution in [0.3, 0.4) is 0 Å². The molecule has 0 N–H and O–H groups in total. The molecule has 0 unspecified atom stereocenters. The molecule has 0 fully saturated rings. The minimum absolute atomic E-state index is 0.643. The summed E-state index contributed by atoms with van der Waals surface area (Å²) in [7, 11) is 1.76. The molecule has 4 heterocycles. The molecule has 38 heavy (non-hydrogen) atoms. The van der Waals surface area contributed by atoms with Crippen molar-refractivity contribution in [3.63, 3.8) is 0 Å². The molecule has 0 aliphatic carbocycles. The topological polar surface area (TPSA) is 59.9 Å². The van der Waals surface area contributed by atoms with Crippen molar-refractivity contribution in [2.45, 2.75) is 81.1 Å². The van der Waals surface area contributed by atoms with Crippen molar-refractivity contribution in [1.82, 2.24) is 24.0 Å². The van der Waals surface area contributed by atoms with Gasteiger partial charge in [0, 0.05) is 25.6 Å². The number of hydrogen-bond donors (Lipinski definition) is 0. The fourth-order valence-electron chi connectivity index (χ4n) is 3.07. The number of aromatic nitrogens is 5. The first kappa shape index (κ1) is 35.1. The molecule has 0 spiro atoms. The van der Waals surface area contributed by atoms with E-state index in [1.54, 1.807) is 30.6 Å². The van der Waals surface area contributed by atoms with E-state index in [1.807, 2.05) is 67.3 Å². The van der Waals surface area contributed by atoms with E-state index < -0.39 is 0 Å². The van der Waals surface area contributed by atoms with Crippen LogP contribution in [-0.2, 0) is 12.8 Å². The Balaban J connectivity index is 0.000000505. The van der Waals surface area contributed by atoms with E-state index in [-0.39, 0.29) is 0 Å². The number of thioether (sulfide) groups is 1. The van der Waals surface area contributed by atoms with E-state index in [4.69, 9.17) is 0 Å². The van der Waals surface area contributed by atoms with Crippen molar-refractivity contribution < 1.29 is 0 Å². The zero-order valence-electron chi connectivity index (χ0n) is 25.3. The molecule has 0 aliphatic rings. The number of rotatable bonds is 6. The molecule has 0 bridgehead atoms. The van der Waals surface area contributed by atoms with Gasteiger partial charge < -0.3 is 4.40 Å². The standard InChI is InChI=1S/C10H13N3.C10H12N2.C6H12.C3H7NS.C2H6/c1-8(2)6-9-7-13-10(12-9)4-3-5-11-13;1-2-5-9-8-12-7-4-3-6-10(12)11-9;1-4-6(3)5-2;1-4-3-5-2;1-2/h3-5,7-8H,6H2,1-2H3;3-4,6-8H,2,5H2,1H3;4H,5H2,1-3H3;3H,1-2H3;1-2H3/b;;6-4+;;. The lowest BCUT2D eigenvalue weighted by Gasteiger charge is -1.97. The summed E-state index contributed by atoms with van der Waals surface area (Å²) in [6.07, 6.45) is 16.4. The van der Waals surface area contributed by atoms with Gasteiger partial charge in [-0.1, -0.05) is 65.7 Å². The van der Waals surface area contributed by atoms with Crippen LogP contribution in [0, 0.1) is 5.92 Å². The molecule has 4 rings (SSSR count). The lowest BCUT2D eigenvalue weighted by atomic mass is 10.1. The highest BCUT2D eigenvalue weighted by atomic mass is 32.2. The minimum Gasteiger partial charge on any atom is -0.307 e. The number of nitrogens with zero attached hydrogens (tertiary/aromatic N) is 6. The van der Waals surface area contributed by atoms with Gasteiger partial charge in [-0.3, -0.25) is 4.99 Å². The second-order valence-corrected chi connectivity index (χ2v) is 9.38. The first-order chi connectivity index (χ1) is 18.4. The van der Waals surface area contributed by atoms with Gasteiger partial charge in [0.2, 0.25) is 0 Å². The monoisotopic (exact) mass is 538 g/mol. The maximum absolute atomic E-state index is 4.47. The number of pyridine rings is 1. The highest BCUT2D eigenvalue weighted by Gasteiger charge is 2.03. The highest BCUT2D eigenvalue weighted by molar-refractivity contribution is 8.11. The lowest BCUT2D eigenvalue weighted by molar-refractivity contribution is 0.637. The molecule has 4 aromatic rings.